The molecule has 1 nitrogen and oxygen atoms in total. The number of rotatable bonds is 4. The lowest BCUT2D eigenvalue weighted by Gasteiger charge is -1.99. The SMILES string of the molecule is CNCC1CC1Cc1ccccc1. The molecule has 70 valence electrons. The first-order valence-corrected chi connectivity index (χ1v) is 5.08. The Morgan fingerprint density at radius 1 is 1.23 bits per heavy atom. The largest absolute Gasteiger partial charge is 0.319 e. The average Bonchev–Trinajstić information content (AvgIpc) is 2.86. The van der Waals surface area contributed by atoms with Gasteiger partial charge in [0.1, 0.15) is 0 Å². The molecule has 1 N–H and O–H groups in total. The van der Waals surface area contributed by atoms with Gasteiger partial charge in [0.15, 0.2) is 0 Å². The minimum absolute atomic E-state index is 0.935. The van der Waals surface area contributed by atoms with Gasteiger partial charge in [0, 0.05) is 0 Å². The molecule has 1 aliphatic rings. The van der Waals surface area contributed by atoms with Crippen LogP contribution in [0.25, 0.3) is 0 Å². The molecule has 1 aromatic carbocycles. The fourth-order valence-electron chi connectivity index (χ4n) is 1.99. The minimum atomic E-state index is 0.935. The van der Waals surface area contributed by atoms with Gasteiger partial charge >= 0.3 is 0 Å². The van der Waals surface area contributed by atoms with Gasteiger partial charge in [-0.3, -0.25) is 0 Å². The van der Waals surface area contributed by atoms with Crippen molar-refractivity contribution in [3.8, 4) is 0 Å². The Bertz CT molecular complexity index is 255. The van der Waals surface area contributed by atoms with Crippen LogP contribution in [0.4, 0.5) is 0 Å². The summed E-state index contributed by atoms with van der Waals surface area (Å²) in [6, 6.07) is 10.8. The summed E-state index contributed by atoms with van der Waals surface area (Å²) < 4.78 is 0. The summed E-state index contributed by atoms with van der Waals surface area (Å²) in [5.41, 5.74) is 1.49. The Balaban J connectivity index is 1.81. The number of hydrogen-bond donors (Lipinski definition) is 1. The van der Waals surface area contributed by atoms with Crippen molar-refractivity contribution >= 4 is 0 Å². The highest BCUT2D eigenvalue weighted by Gasteiger charge is 2.35. The fraction of sp³-hybridized carbons (Fsp3) is 0.500. The average molecular weight is 175 g/mol. The van der Waals surface area contributed by atoms with Crippen molar-refractivity contribution in [1.82, 2.24) is 5.32 Å². The molecule has 2 rings (SSSR count). The van der Waals surface area contributed by atoms with Gasteiger partial charge in [-0.2, -0.15) is 0 Å². The Kier molecular flexibility index (Phi) is 2.65. The van der Waals surface area contributed by atoms with Gasteiger partial charge in [-0.1, -0.05) is 30.3 Å². The fourth-order valence-corrected chi connectivity index (χ4v) is 1.99. The molecule has 0 heterocycles. The van der Waals surface area contributed by atoms with E-state index in [1.165, 1.54) is 24.9 Å². The molecule has 1 heteroatoms. The molecule has 0 aliphatic heterocycles. The highest BCUT2D eigenvalue weighted by atomic mass is 14.8. The van der Waals surface area contributed by atoms with Gasteiger partial charge in [-0.05, 0) is 43.8 Å². The molecule has 0 aromatic heterocycles. The maximum Gasteiger partial charge on any atom is -0.00206 e. The Morgan fingerprint density at radius 2 is 2.00 bits per heavy atom. The first kappa shape index (κ1) is 8.76. The van der Waals surface area contributed by atoms with Crippen molar-refractivity contribution in [2.24, 2.45) is 11.8 Å². The Hall–Kier alpha value is -0.820. The summed E-state index contributed by atoms with van der Waals surface area (Å²) in [5, 5.41) is 3.25. The van der Waals surface area contributed by atoms with E-state index in [2.05, 4.69) is 35.6 Å². The molecule has 0 amide bonds. The Labute approximate surface area is 80.2 Å². The predicted octanol–water partition coefficient (Wildman–Crippen LogP) is 2.08. The molecule has 2 atom stereocenters. The Morgan fingerprint density at radius 3 is 2.69 bits per heavy atom. The first-order valence-electron chi connectivity index (χ1n) is 5.08. The molecule has 13 heavy (non-hydrogen) atoms. The van der Waals surface area contributed by atoms with Gasteiger partial charge in [0.25, 0.3) is 0 Å². The standard InChI is InChI=1S/C12H17N/c1-13-9-12-8-11(12)7-10-5-3-2-4-6-10/h2-6,11-13H,7-9H2,1H3. The van der Waals surface area contributed by atoms with E-state index in [0.717, 1.165) is 11.8 Å². The van der Waals surface area contributed by atoms with E-state index < -0.39 is 0 Å². The first-order chi connectivity index (χ1) is 6.40. The van der Waals surface area contributed by atoms with E-state index in [-0.39, 0.29) is 0 Å². The van der Waals surface area contributed by atoms with Crippen LogP contribution in [0.3, 0.4) is 0 Å². The van der Waals surface area contributed by atoms with Crippen molar-refractivity contribution < 1.29 is 0 Å². The zero-order valence-electron chi connectivity index (χ0n) is 8.16. The van der Waals surface area contributed by atoms with E-state index in [0.29, 0.717) is 0 Å². The lowest BCUT2D eigenvalue weighted by Crippen LogP contribution is -2.10. The van der Waals surface area contributed by atoms with Gasteiger partial charge in [-0.25, -0.2) is 0 Å². The topological polar surface area (TPSA) is 12.0 Å². The molecule has 1 fully saturated rings. The minimum Gasteiger partial charge on any atom is -0.319 e. The van der Waals surface area contributed by atoms with Crippen LogP contribution in [0, 0.1) is 11.8 Å². The van der Waals surface area contributed by atoms with Crippen LogP contribution in [0.2, 0.25) is 0 Å². The van der Waals surface area contributed by atoms with Crippen LogP contribution >= 0.6 is 0 Å². The quantitative estimate of drug-likeness (QED) is 0.739. The maximum atomic E-state index is 3.25. The third-order valence-corrected chi connectivity index (χ3v) is 2.88. The van der Waals surface area contributed by atoms with Crippen molar-refractivity contribution in [2.45, 2.75) is 12.8 Å². The van der Waals surface area contributed by atoms with Crippen molar-refractivity contribution in [1.29, 1.82) is 0 Å². The van der Waals surface area contributed by atoms with E-state index in [9.17, 15) is 0 Å². The van der Waals surface area contributed by atoms with Gasteiger partial charge in [0.05, 0.1) is 0 Å². The highest BCUT2D eigenvalue weighted by molar-refractivity contribution is 5.16. The molecule has 0 saturated heterocycles. The smallest absolute Gasteiger partial charge is 0.00206 e. The molecule has 0 bridgehead atoms. The van der Waals surface area contributed by atoms with Crippen molar-refractivity contribution in [2.75, 3.05) is 13.6 Å². The highest BCUT2D eigenvalue weighted by Crippen LogP contribution is 2.40. The lowest BCUT2D eigenvalue weighted by atomic mass is 10.1. The second-order valence-electron chi connectivity index (χ2n) is 4.00. The molecule has 1 aromatic rings. The zero-order valence-corrected chi connectivity index (χ0v) is 8.16. The number of hydrogen-bond acceptors (Lipinski definition) is 1. The molecular formula is C12H17N. The van der Waals surface area contributed by atoms with Gasteiger partial charge < -0.3 is 5.32 Å². The van der Waals surface area contributed by atoms with E-state index in [4.69, 9.17) is 0 Å². The second-order valence-corrected chi connectivity index (χ2v) is 4.00. The molecule has 2 unspecified atom stereocenters. The van der Waals surface area contributed by atoms with Gasteiger partial charge in [0.2, 0.25) is 0 Å². The monoisotopic (exact) mass is 175 g/mol. The van der Waals surface area contributed by atoms with Crippen LogP contribution in [-0.4, -0.2) is 13.6 Å². The van der Waals surface area contributed by atoms with Crippen molar-refractivity contribution in [3.05, 3.63) is 35.9 Å². The summed E-state index contributed by atoms with van der Waals surface area (Å²) in [7, 11) is 2.04. The summed E-state index contributed by atoms with van der Waals surface area (Å²) in [6.07, 6.45) is 2.68. The summed E-state index contributed by atoms with van der Waals surface area (Å²) in [6.45, 7) is 1.19. The number of benzene rings is 1. The summed E-state index contributed by atoms with van der Waals surface area (Å²) in [5.74, 6) is 1.88. The number of nitrogens with one attached hydrogen (secondary N) is 1. The van der Waals surface area contributed by atoms with Crippen LogP contribution in [0.1, 0.15) is 12.0 Å². The zero-order chi connectivity index (χ0) is 9.10. The van der Waals surface area contributed by atoms with Gasteiger partial charge in [-0.15, -0.1) is 0 Å². The predicted molar refractivity (Wildman–Crippen MR) is 55.7 cm³/mol. The molecular weight excluding hydrogens is 158 g/mol. The van der Waals surface area contributed by atoms with E-state index in [1.54, 1.807) is 0 Å². The third-order valence-electron chi connectivity index (χ3n) is 2.88. The summed E-state index contributed by atoms with van der Waals surface area (Å²) in [4.78, 5) is 0. The van der Waals surface area contributed by atoms with Crippen LogP contribution < -0.4 is 5.32 Å². The molecule has 1 aliphatic carbocycles. The van der Waals surface area contributed by atoms with Crippen LogP contribution in [0.15, 0.2) is 30.3 Å². The normalized spacial score (nSPS) is 25.9. The lowest BCUT2D eigenvalue weighted by molar-refractivity contribution is 0.644. The van der Waals surface area contributed by atoms with Crippen LogP contribution in [0.5, 0.6) is 0 Å². The van der Waals surface area contributed by atoms with Crippen molar-refractivity contribution in [3.63, 3.8) is 0 Å². The second kappa shape index (κ2) is 3.93. The molecule has 0 radical (unpaired) electrons. The third kappa shape index (κ3) is 2.31. The molecule has 1 saturated carbocycles. The maximum absolute atomic E-state index is 3.25. The summed E-state index contributed by atoms with van der Waals surface area (Å²) >= 11 is 0. The van der Waals surface area contributed by atoms with E-state index in [1.807, 2.05) is 7.05 Å². The molecule has 0 spiro atoms. The van der Waals surface area contributed by atoms with Crippen LogP contribution in [-0.2, 0) is 6.42 Å². The van der Waals surface area contributed by atoms with E-state index >= 15 is 0 Å².